The van der Waals surface area contributed by atoms with E-state index in [9.17, 15) is 0 Å². The second-order valence-electron chi connectivity index (χ2n) is 6.94. The van der Waals surface area contributed by atoms with Crippen molar-refractivity contribution in [1.29, 1.82) is 0 Å². The Balaban J connectivity index is 1.82. The van der Waals surface area contributed by atoms with Crippen LogP contribution in [0.15, 0.2) is 53.5 Å². The number of benzene rings is 2. The van der Waals surface area contributed by atoms with Crippen LogP contribution in [-0.2, 0) is 6.42 Å². The molecule has 5 nitrogen and oxygen atoms in total. The molecule has 0 heterocycles. The molecule has 0 spiro atoms. The van der Waals surface area contributed by atoms with E-state index in [0.717, 1.165) is 43.4 Å². The molecule has 1 unspecified atom stereocenters. The number of nitrogens with one attached hydrogen (secondary N) is 1. The standard InChI is InChI=1S/C23H33N3O2/c1-18(20-9-7-6-8-10-20)13-15-25-23(24-2)26(3)16-14-19-11-12-21(27-4)22(17-19)28-5/h6-12,17-18H,13-16H2,1-5H3,(H,24,25). The lowest BCUT2D eigenvalue weighted by Gasteiger charge is -2.23. The Morgan fingerprint density at radius 2 is 1.79 bits per heavy atom. The molecule has 0 aliphatic heterocycles. The lowest BCUT2D eigenvalue weighted by Crippen LogP contribution is -2.40. The van der Waals surface area contributed by atoms with Gasteiger partial charge in [-0.3, -0.25) is 4.99 Å². The van der Waals surface area contributed by atoms with E-state index in [1.54, 1.807) is 14.2 Å². The third-order valence-corrected chi connectivity index (χ3v) is 4.99. The molecule has 152 valence electrons. The Labute approximate surface area is 169 Å². The summed E-state index contributed by atoms with van der Waals surface area (Å²) in [5.74, 6) is 2.95. The first-order valence-electron chi connectivity index (χ1n) is 9.76. The average molecular weight is 384 g/mol. The molecule has 2 aromatic rings. The summed E-state index contributed by atoms with van der Waals surface area (Å²) in [6.07, 6.45) is 1.96. The smallest absolute Gasteiger partial charge is 0.193 e. The molecule has 0 aliphatic rings. The molecule has 0 saturated heterocycles. The molecule has 28 heavy (non-hydrogen) atoms. The molecule has 2 aromatic carbocycles. The van der Waals surface area contributed by atoms with Gasteiger partial charge in [-0.25, -0.2) is 0 Å². The van der Waals surface area contributed by atoms with Crippen molar-refractivity contribution >= 4 is 5.96 Å². The van der Waals surface area contributed by atoms with Crippen LogP contribution in [0.3, 0.4) is 0 Å². The SMILES string of the molecule is CN=C(NCCC(C)c1ccccc1)N(C)CCc1ccc(OC)c(OC)c1. The highest BCUT2D eigenvalue weighted by molar-refractivity contribution is 5.79. The van der Waals surface area contributed by atoms with Crippen molar-refractivity contribution in [3.05, 3.63) is 59.7 Å². The van der Waals surface area contributed by atoms with Crippen LogP contribution in [0.1, 0.15) is 30.4 Å². The third-order valence-electron chi connectivity index (χ3n) is 4.99. The van der Waals surface area contributed by atoms with Crippen molar-refractivity contribution in [2.45, 2.75) is 25.7 Å². The number of hydrogen-bond donors (Lipinski definition) is 1. The quantitative estimate of drug-likeness (QED) is 0.526. The molecule has 2 rings (SSSR count). The fourth-order valence-electron chi connectivity index (χ4n) is 3.17. The number of likely N-dealkylation sites (N-methyl/N-ethyl adjacent to an activating group) is 1. The summed E-state index contributed by atoms with van der Waals surface area (Å²) < 4.78 is 10.7. The summed E-state index contributed by atoms with van der Waals surface area (Å²) in [6.45, 7) is 4.02. The third kappa shape index (κ3) is 6.19. The van der Waals surface area contributed by atoms with Crippen LogP contribution in [0.4, 0.5) is 0 Å². The Morgan fingerprint density at radius 3 is 2.43 bits per heavy atom. The summed E-state index contributed by atoms with van der Waals surface area (Å²) in [5.41, 5.74) is 2.58. The van der Waals surface area contributed by atoms with E-state index in [1.807, 2.05) is 19.2 Å². The van der Waals surface area contributed by atoms with Gasteiger partial charge in [-0.1, -0.05) is 43.3 Å². The van der Waals surface area contributed by atoms with Gasteiger partial charge in [0.15, 0.2) is 17.5 Å². The fourth-order valence-corrected chi connectivity index (χ4v) is 3.17. The second kappa shape index (κ2) is 11.2. The maximum Gasteiger partial charge on any atom is 0.193 e. The molecule has 0 amide bonds. The van der Waals surface area contributed by atoms with Gasteiger partial charge in [0, 0.05) is 27.2 Å². The van der Waals surface area contributed by atoms with Crippen LogP contribution in [0.25, 0.3) is 0 Å². The summed E-state index contributed by atoms with van der Waals surface area (Å²) in [4.78, 5) is 6.57. The van der Waals surface area contributed by atoms with Crippen LogP contribution in [0.5, 0.6) is 11.5 Å². The second-order valence-corrected chi connectivity index (χ2v) is 6.94. The first kappa shape index (κ1) is 21.6. The van der Waals surface area contributed by atoms with E-state index in [1.165, 1.54) is 11.1 Å². The first-order valence-corrected chi connectivity index (χ1v) is 9.76. The molecule has 1 N–H and O–H groups in total. The molecule has 0 aliphatic carbocycles. The lowest BCUT2D eigenvalue weighted by atomic mass is 9.98. The maximum absolute atomic E-state index is 5.39. The van der Waals surface area contributed by atoms with Crippen LogP contribution in [0, 0.1) is 0 Å². The minimum absolute atomic E-state index is 0.517. The van der Waals surface area contributed by atoms with E-state index in [4.69, 9.17) is 9.47 Å². The predicted octanol–water partition coefficient (Wildman–Crippen LogP) is 3.95. The molecular weight excluding hydrogens is 350 g/mol. The van der Waals surface area contributed by atoms with Gasteiger partial charge in [-0.15, -0.1) is 0 Å². The topological polar surface area (TPSA) is 46.1 Å². The van der Waals surface area contributed by atoms with Gasteiger partial charge in [-0.2, -0.15) is 0 Å². The number of hydrogen-bond acceptors (Lipinski definition) is 3. The summed E-state index contributed by atoms with van der Waals surface area (Å²) in [6, 6.07) is 16.7. The Kier molecular flexibility index (Phi) is 8.66. The highest BCUT2D eigenvalue weighted by Gasteiger charge is 2.10. The first-order chi connectivity index (χ1) is 13.6. The number of ether oxygens (including phenoxy) is 2. The van der Waals surface area contributed by atoms with Gasteiger partial charge in [0.1, 0.15) is 0 Å². The monoisotopic (exact) mass is 383 g/mol. The Morgan fingerprint density at radius 1 is 1.07 bits per heavy atom. The van der Waals surface area contributed by atoms with Crippen LogP contribution in [-0.4, -0.2) is 52.3 Å². The lowest BCUT2D eigenvalue weighted by molar-refractivity contribution is 0.354. The molecule has 0 bridgehead atoms. The van der Waals surface area contributed by atoms with E-state index >= 15 is 0 Å². The van der Waals surface area contributed by atoms with E-state index in [-0.39, 0.29) is 0 Å². The Hall–Kier alpha value is -2.69. The van der Waals surface area contributed by atoms with Crippen molar-refractivity contribution in [2.75, 3.05) is 41.4 Å². The molecule has 0 aromatic heterocycles. The zero-order valence-corrected chi connectivity index (χ0v) is 17.7. The highest BCUT2D eigenvalue weighted by atomic mass is 16.5. The molecule has 0 radical (unpaired) electrons. The van der Waals surface area contributed by atoms with Crippen molar-refractivity contribution < 1.29 is 9.47 Å². The zero-order valence-electron chi connectivity index (χ0n) is 17.7. The summed E-state index contributed by atoms with van der Waals surface area (Å²) in [7, 11) is 7.21. The normalized spacial score (nSPS) is 12.4. The largest absolute Gasteiger partial charge is 0.493 e. The Bertz CT molecular complexity index is 747. The highest BCUT2D eigenvalue weighted by Crippen LogP contribution is 2.27. The predicted molar refractivity (Wildman–Crippen MR) is 117 cm³/mol. The van der Waals surface area contributed by atoms with E-state index in [2.05, 4.69) is 65.6 Å². The van der Waals surface area contributed by atoms with Gasteiger partial charge in [0.05, 0.1) is 14.2 Å². The summed E-state index contributed by atoms with van der Waals surface area (Å²) in [5, 5.41) is 3.48. The maximum atomic E-state index is 5.39. The van der Waals surface area contributed by atoms with Crippen LogP contribution < -0.4 is 14.8 Å². The molecule has 0 saturated carbocycles. The number of methoxy groups -OCH3 is 2. The number of rotatable bonds is 9. The van der Waals surface area contributed by atoms with Gasteiger partial charge in [0.2, 0.25) is 0 Å². The van der Waals surface area contributed by atoms with Gasteiger partial charge in [-0.05, 0) is 42.0 Å². The van der Waals surface area contributed by atoms with E-state index < -0.39 is 0 Å². The fraction of sp³-hybridized carbons (Fsp3) is 0.435. The summed E-state index contributed by atoms with van der Waals surface area (Å²) >= 11 is 0. The molecule has 1 atom stereocenters. The molecule has 5 heteroatoms. The van der Waals surface area contributed by atoms with Crippen molar-refractivity contribution in [3.8, 4) is 11.5 Å². The number of guanidine groups is 1. The van der Waals surface area contributed by atoms with Crippen LogP contribution >= 0.6 is 0 Å². The van der Waals surface area contributed by atoms with Crippen LogP contribution in [0.2, 0.25) is 0 Å². The van der Waals surface area contributed by atoms with Gasteiger partial charge in [0.25, 0.3) is 0 Å². The minimum atomic E-state index is 0.517. The van der Waals surface area contributed by atoms with Gasteiger partial charge >= 0.3 is 0 Å². The molecule has 0 fully saturated rings. The average Bonchev–Trinajstić information content (AvgIpc) is 2.75. The number of aliphatic imine (C=N–C) groups is 1. The number of nitrogens with zero attached hydrogens (tertiary/aromatic N) is 2. The van der Waals surface area contributed by atoms with Crippen molar-refractivity contribution in [3.63, 3.8) is 0 Å². The van der Waals surface area contributed by atoms with Crippen molar-refractivity contribution in [1.82, 2.24) is 10.2 Å². The minimum Gasteiger partial charge on any atom is -0.493 e. The zero-order chi connectivity index (χ0) is 20.4. The van der Waals surface area contributed by atoms with Gasteiger partial charge < -0.3 is 19.7 Å². The van der Waals surface area contributed by atoms with Crippen molar-refractivity contribution in [2.24, 2.45) is 4.99 Å². The van der Waals surface area contributed by atoms with E-state index in [0.29, 0.717) is 5.92 Å². The molecular formula is C23H33N3O2.